The highest BCUT2D eigenvalue weighted by atomic mass is 35.5. The van der Waals surface area contributed by atoms with E-state index >= 15 is 0 Å². The molecular weight excluding hydrogens is 373 g/mol. The molecule has 2 aromatic carbocycles. The predicted octanol–water partition coefficient (Wildman–Crippen LogP) is 5.67. The number of fused-ring (bicyclic) bond motifs is 1. The summed E-state index contributed by atoms with van der Waals surface area (Å²) in [4.78, 5) is 15.3. The fourth-order valence-electron chi connectivity index (χ4n) is 2.95. The van der Waals surface area contributed by atoms with Crippen molar-refractivity contribution < 1.29 is 13.9 Å². The zero-order valence-electron chi connectivity index (χ0n) is 14.8. The van der Waals surface area contributed by atoms with Crippen LogP contribution in [0.1, 0.15) is 33.8 Å². The molecule has 26 heavy (non-hydrogen) atoms. The van der Waals surface area contributed by atoms with Gasteiger partial charge in [0.05, 0.1) is 17.5 Å². The summed E-state index contributed by atoms with van der Waals surface area (Å²) in [5, 5.41) is 1.09. The van der Waals surface area contributed by atoms with Gasteiger partial charge in [-0.15, -0.1) is 11.3 Å². The van der Waals surface area contributed by atoms with E-state index in [1.165, 1.54) is 24.5 Å². The Hall–Kier alpha value is -1.95. The number of benzene rings is 2. The van der Waals surface area contributed by atoms with Crippen LogP contribution in [0.25, 0.3) is 10.1 Å². The van der Waals surface area contributed by atoms with Crippen LogP contribution in [0.15, 0.2) is 42.5 Å². The van der Waals surface area contributed by atoms with Gasteiger partial charge in [0.25, 0.3) is 5.91 Å². The number of nitrogens with zero attached hydrogens (tertiary/aromatic N) is 1. The van der Waals surface area contributed by atoms with Crippen LogP contribution in [-0.2, 0) is 11.3 Å². The van der Waals surface area contributed by atoms with Crippen molar-refractivity contribution in [2.45, 2.75) is 19.6 Å². The van der Waals surface area contributed by atoms with Gasteiger partial charge in [-0.1, -0.05) is 29.8 Å². The SMILES string of the molecule is COCc1c(C(=O)N(C)C(C)c2cccc(Cl)c2)sc2cccc(F)c12. The fraction of sp³-hybridized carbons (Fsp3) is 0.250. The Morgan fingerprint density at radius 2 is 2.04 bits per heavy atom. The largest absolute Gasteiger partial charge is 0.380 e. The van der Waals surface area contributed by atoms with E-state index in [-0.39, 0.29) is 24.4 Å². The fourth-order valence-corrected chi connectivity index (χ4v) is 4.35. The molecule has 0 saturated heterocycles. The number of hydrogen-bond donors (Lipinski definition) is 0. The molecule has 0 N–H and O–H groups in total. The molecule has 0 radical (unpaired) electrons. The van der Waals surface area contributed by atoms with E-state index in [4.69, 9.17) is 16.3 Å². The van der Waals surface area contributed by atoms with Gasteiger partial charge in [-0.2, -0.15) is 0 Å². The number of rotatable bonds is 5. The smallest absolute Gasteiger partial charge is 0.264 e. The van der Waals surface area contributed by atoms with Gasteiger partial charge in [-0.05, 0) is 36.8 Å². The summed E-state index contributed by atoms with van der Waals surface area (Å²) in [6, 6.07) is 12.1. The van der Waals surface area contributed by atoms with Gasteiger partial charge in [0, 0.05) is 34.8 Å². The molecule has 1 aromatic heterocycles. The summed E-state index contributed by atoms with van der Waals surface area (Å²) >= 11 is 7.36. The molecular formula is C20H19ClFNO2S. The number of halogens is 2. The maximum Gasteiger partial charge on any atom is 0.264 e. The van der Waals surface area contributed by atoms with E-state index in [1.807, 2.05) is 31.2 Å². The molecule has 6 heteroatoms. The van der Waals surface area contributed by atoms with Gasteiger partial charge in [0.2, 0.25) is 0 Å². The number of hydrogen-bond acceptors (Lipinski definition) is 3. The van der Waals surface area contributed by atoms with Crippen molar-refractivity contribution in [2.75, 3.05) is 14.2 Å². The Morgan fingerprint density at radius 3 is 2.73 bits per heavy atom. The van der Waals surface area contributed by atoms with E-state index in [1.54, 1.807) is 24.1 Å². The Labute approximate surface area is 161 Å². The zero-order chi connectivity index (χ0) is 18.8. The molecule has 0 fully saturated rings. The highest BCUT2D eigenvalue weighted by Crippen LogP contribution is 2.35. The van der Waals surface area contributed by atoms with E-state index < -0.39 is 0 Å². The van der Waals surface area contributed by atoms with Crippen LogP contribution < -0.4 is 0 Å². The zero-order valence-corrected chi connectivity index (χ0v) is 16.3. The minimum atomic E-state index is -0.338. The summed E-state index contributed by atoms with van der Waals surface area (Å²) in [5.41, 5.74) is 1.54. The second-order valence-electron chi connectivity index (χ2n) is 6.10. The van der Waals surface area contributed by atoms with Crippen molar-refractivity contribution >= 4 is 38.9 Å². The van der Waals surface area contributed by atoms with Gasteiger partial charge < -0.3 is 9.64 Å². The number of methoxy groups -OCH3 is 1. The minimum Gasteiger partial charge on any atom is -0.380 e. The van der Waals surface area contributed by atoms with Crippen LogP contribution in [0, 0.1) is 5.82 Å². The van der Waals surface area contributed by atoms with Crippen molar-refractivity contribution in [3.8, 4) is 0 Å². The lowest BCUT2D eigenvalue weighted by Crippen LogP contribution is -2.29. The summed E-state index contributed by atoms with van der Waals surface area (Å²) in [5.74, 6) is -0.500. The van der Waals surface area contributed by atoms with Gasteiger partial charge in [0.1, 0.15) is 5.82 Å². The second-order valence-corrected chi connectivity index (χ2v) is 7.59. The first-order chi connectivity index (χ1) is 12.4. The van der Waals surface area contributed by atoms with E-state index in [2.05, 4.69) is 0 Å². The number of carbonyl (C=O) groups is 1. The van der Waals surface area contributed by atoms with Crippen LogP contribution in [0.3, 0.4) is 0 Å². The first-order valence-corrected chi connectivity index (χ1v) is 9.35. The molecule has 1 amide bonds. The third kappa shape index (κ3) is 3.47. The predicted molar refractivity (Wildman–Crippen MR) is 104 cm³/mol. The lowest BCUT2D eigenvalue weighted by molar-refractivity contribution is 0.0743. The van der Waals surface area contributed by atoms with Crippen molar-refractivity contribution in [1.82, 2.24) is 4.90 Å². The second kappa shape index (κ2) is 7.74. The average Bonchev–Trinajstić information content (AvgIpc) is 3.00. The lowest BCUT2D eigenvalue weighted by Gasteiger charge is -2.25. The molecule has 0 saturated carbocycles. The molecule has 0 aliphatic carbocycles. The van der Waals surface area contributed by atoms with Crippen molar-refractivity contribution in [3.63, 3.8) is 0 Å². The molecule has 1 atom stereocenters. The summed E-state index contributed by atoms with van der Waals surface area (Å²) < 4.78 is 20.3. The maximum atomic E-state index is 14.3. The van der Waals surface area contributed by atoms with Crippen LogP contribution in [0.2, 0.25) is 5.02 Å². The third-order valence-electron chi connectivity index (χ3n) is 4.48. The van der Waals surface area contributed by atoms with Crippen LogP contribution in [-0.4, -0.2) is 25.0 Å². The summed E-state index contributed by atoms with van der Waals surface area (Å²) in [6.07, 6.45) is 0. The third-order valence-corrected chi connectivity index (χ3v) is 5.90. The van der Waals surface area contributed by atoms with Crippen molar-refractivity contribution in [1.29, 1.82) is 0 Å². The maximum absolute atomic E-state index is 14.3. The van der Waals surface area contributed by atoms with Gasteiger partial charge >= 0.3 is 0 Å². The molecule has 136 valence electrons. The Balaban J connectivity index is 2.01. The molecule has 1 heterocycles. The molecule has 0 spiro atoms. The van der Waals surface area contributed by atoms with E-state index in [9.17, 15) is 9.18 Å². The lowest BCUT2D eigenvalue weighted by atomic mass is 10.1. The van der Waals surface area contributed by atoms with Crippen LogP contribution >= 0.6 is 22.9 Å². The summed E-state index contributed by atoms with van der Waals surface area (Å²) in [7, 11) is 3.28. The average molecular weight is 392 g/mol. The Bertz CT molecular complexity index is 956. The van der Waals surface area contributed by atoms with Gasteiger partial charge in [0.15, 0.2) is 0 Å². The molecule has 0 aliphatic rings. The Morgan fingerprint density at radius 1 is 1.31 bits per heavy atom. The quantitative estimate of drug-likeness (QED) is 0.560. The number of amides is 1. The summed E-state index contributed by atoms with van der Waals surface area (Å²) in [6.45, 7) is 2.12. The molecule has 3 rings (SSSR count). The minimum absolute atomic E-state index is 0.162. The van der Waals surface area contributed by atoms with Crippen LogP contribution in [0.5, 0.6) is 0 Å². The first-order valence-electron chi connectivity index (χ1n) is 8.15. The van der Waals surface area contributed by atoms with Crippen molar-refractivity contribution in [2.24, 2.45) is 0 Å². The standard InChI is InChI=1S/C20H19ClFNO2S/c1-12(13-6-4-7-14(21)10-13)23(2)20(24)19-15(11-25-3)18-16(22)8-5-9-17(18)26-19/h4-10,12H,11H2,1-3H3. The number of ether oxygens (including phenoxy) is 1. The van der Waals surface area contributed by atoms with Crippen LogP contribution in [0.4, 0.5) is 4.39 Å². The molecule has 0 aliphatic heterocycles. The highest BCUT2D eigenvalue weighted by Gasteiger charge is 2.26. The topological polar surface area (TPSA) is 29.5 Å². The van der Waals surface area contributed by atoms with E-state index in [0.29, 0.717) is 20.8 Å². The monoisotopic (exact) mass is 391 g/mol. The van der Waals surface area contributed by atoms with Gasteiger partial charge in [-0.3, -0.25) is 4.79 Å². The van der Waals surface area contributed by atoms with E-state index in [0.717, 1.165) is 10.3 Å². The number of carbonyl (C=O) groups excluding carboxylic acids is 1. The molecule has 1 unspecified atom stereocenters. The van der Waals surface area contributed by atoms with Crippen molar-refractivity contribution in [3.05, 3.63) is 69.3 Å². The normalized spacial score (nSPS) is 12.3. The first kappa shape index (κ1) is 18.8. The molecule has 3 aromatic rings. The number of thiophene rings is 1. The molecule has 3 nitrogen and oxygen atoms in total. The Kier molecular flexibility index (Phi) is 5.61. The van der Waals surface area contributed by atoms with Gasteiger partial charge in [-0.25, -0.2) is 4.39 Å². The molecule has 0 bridgehead atoms. The highest BCUT2D eigenvalue weighted by molar-refractivity contribution is 7.21.